The first-order valence-electron chi connectivity index (χ1n) is 9.69. The van der Waals surface area contributed by atoms with Crippen LogP contribution in [0.5, 0.6) is 0 Å². The van der Waals surface area contributed by atoms with Crippen LogP contribution in [0.25, 0.3) is 5.65 Å². The Morgan fingerprint density at radius 1 is 1.33 bits per heavy atom. The van der Waals surface area contributed by atoms with Gasteiger partial charge in [0.05, 0.1) is 6.61 Å². The molecule has 2 aromatic rings. The quantitative estimate of drug-likeness (QED) is 0.306. The summed E-state index contributed by atoms with van der Waals surface area (Å²) in [5, 5.41) is 12.0. The highest BCUT2D eigenvalue weighted by Crippen LogP contribution is 2.38. The molecule has 1 spiro atoms. The van der Waals surface area contributed by atoms with Crippen LogP contribution in [0.1, 0.15) is 32.0 Å². The highest BCUT2D eigenvalue weighted by atomic mass is 127. The van der Waals surface area contributed by atoms with Crippen molar-refractivity contribution < 1.29 is 4.74 Å². The molecule has 27 heavy (non-hydrogen) atoms. The molecule has 148 valence electrons. The summed E-state index contributed by atoms with van der Waals surface area (Å²) in [4.78, 5) is 7.27. The second kappa shape index (κ2) is 9.18. The summed E-state index contributed by atoms with van der Waals surface area (Å²) in [7, 11) is 0. The number of aromatic nitrogens is 3. The number of pyridine rings is 1. The van der Waals surface area contributed by atoms with Gasteiger partial charge in [0.1, 0.15) is 5.82 Å². The zero-order valence-corrected chi connectivity index (χ0v) is 18.3. The summed E-state index contributed by atoms with van der Waals surface area (Å²) in [6.07, 6.45) is 6.26. The first-order chi connectivity index (χ1) is 12.8. The van der Waals surface area contributed by atoms with Crippen LogP contribution in [0.4, 0.5) is 0 Å². The average molecular weight is 484 g/mol. The molecule has 2 saturated heterocycles. The van der Waals surface area contributed by atoms with E-state index in [1.54, 1.807) is 0 Å². The van der Waals surface area contributed by atoms with E-state index in [2.05, 4.69) is 31.7 Å². The number of aryl methyl sites for hydroxylation is 1. The second-order valence-electron chi connectivity index (χ2n) is 7.36. The number of guanidine groups is 1. The third kappa shape index (κ3) is 4.53. The Morgan fingerprint density at radius 2 is 2.26 bits per heavy atom. The minimum absolute atomic E-state index is 0. The minimum Gasteiger partial charge on any atom is -0.381 e. The monoisotopic (exact) mass is 484 g/mol. The normalized spacial score (nSPS) is 22.6. The Hall–Kier alpha value is -1.42. The van der Waals surface area contributed by atoms with E-state index in [9.17, 15) is 0 Å². The fourth-order valence-corrected chi connectivity index (χ4v) is 4.00. The summed E-state index contributed by atoms with van der Waals surface area (Å²) in [5.74, 6) is 2.05. The smallest absolute Gasteiger partial charge is 0.193 e. The predicted molar refractivity (Wildman–Crippen MR) is 117 cm³/mol. The molecule has 4 heterocycles. The van der Waals surface area contributed by atoms with Gasteiger partial charge in [0.2, 0.25) is 0 Å². The zero-order valence-electron chi connectivity index (χ0n) is 15.9. The van der Waals surface area contributed by atoms with E-state index >= 15 is 0 Å². The third-order valence-electron chi connectivity index (χ3n) is 5.46. The van der Waals surface area contributed by atoms with Gasteiger partial charge in [0, 0.05) is 50.8 Å². The molecule has 1 atom stereocenters. The van der Waals surface area contributed by atoms with Gasteiger partial charge in [-0.2, -0.15) is 0 Å². The lowest BCUT2D eigenvalue weighted by molar-refractivity contribution is 0.156. The van der Waals surface area contributed by atoms with E-state index in [0.29, 0.717) is 5.41 Å². The maximum absolute atomic E-state index is 5.64. The molecule has 2 aromatic heterocycles. The molecule has 8 heteroatoms. The van der Waals surface area contributed by atoms with Crippen LogP contribution in [0.2, 0.25) is 0 Å². The van der Waals surface area contributed by atoms with Crippen LogP contribution < -0.4 is 5.32 Å². The maximum atomic E-state index is 5.64. The lowest BCUT2D eigenvalue weighted by Gasteiger charge is -2.24. The summed E-state index contributed by atoms with van der Waals surface area (Å²) in [5.41, 5.74) is 1.26. The first kappa shape index (κ1) is 20.3. The molecule has 2 aliphatic heterocycles. The number of rotatable bonds is 5. The molecule has 0 amide bonds. The molecule has 7 nitrogen and oxygen atoms in total. The lowest BCUT2D eigenvalue weighted by Crippen LogP contribution is -2.41. The van der Waals surface area contributed by atoms with Crippen LogP contribution in [0.3, 0.4) is 0 Å². The first-order valence-corrected chi connectivity index (χ1v) is 9.69. The van der Waals surface area contributed by atoms with E-state index in [4.69, 9.17) is 9.73 Å². The van der Waals surface area contributed by atoms with E-state index in [0.717, 1.165) is 69.7 Å². The van der Waals surface area contributed by atoms with Crippen molar-refractivity contribution in [3.05, 3.63) is 30.2 Å². The van der Waals surface area contributed by atoms with Gasteiger partial charge in [-0.1, -0.05) is 6.07 Å². The maximum Gasteiger partial charge on any atom is 0.193 e. The largest absolute Gasteiger partial charge is 0.381 e. The summed E-state index contributed by atoms with van der Waals surface area (Å²) >= 11 is 0. The predicted octanol–water partition coefficient (Wildman–Crippen LogP) is 2.36. The van der Waals surface area contributed by atoms with Crippen LogP contribution in [-0.4, -0.2) is 64.9 Å². The molecule has 0 bridgehead atoms. The van der Waals surface area contributed by atoms with Crippen LogP contribution in [0.15, 0.2) is 29.4 Å². The van der Waals surface area contributed by atoms with Crippen molar-refractivity contribution in [3.63, 3.8) is 0 Å². The summed E-state index contributed by atoms with van der Waals surface area (Å²) in [6, 6.07) is 5.98. The van der Waals surface area contributed by atoms with Gasteiger partial charge in [0.15, 0.2) is 11.6 Å². The van der Waals surface area contributed by atoms with Crippen LogP contribution in [0, 0.1) is 5.41 Å². The van der Waals surface area contributed by atoms with Crippen molar-refractivity contribution in [2.75, 3.05) is 39.4 Å². The molecule has 1 unspecified atom stereocenters. The number of fused-ring (bicyclic) bond motifs is 1. The highest BCUT2D eigenvalue weighted by Gasteiger charge is 2.42. The van der Waals surface area contributed by atoms with Gasteiger partial charge < -0.3 is 15.0 Å². The number of likely N-dealkylation sites (tertiary alicyclic amines) is 1. The zero-order chi connectivity index (χ0) is 17.8. The number of ether oxygens (including phenoxy) is 1. The van der Waals surface area contributed by atoms with Crippen molar-refractivity contribution in [1.29, 1.82) is 0 Å². The molecule has 1 N–H and O–H groups in total. The van der Waals surface area contributed by atoms with Gasteiger partial charge in [-0.05, 0) is 38.3 Å². The SMILES string of the molecule is CCNC(=NCCCc1nnc2ccccn12)N1CCC2(CCOC2)C1.I. The topological polar surface area (TPSA) is 67.0 Å². The molecule has 2 fully saturated rings. The van der Waals surface area contributed by atoms with Gasteiger partial charge >= 0.3 is 0 Å². The molecule has 0 aliphatic carbocycles. The number of aliphatic imine (C=N–C) groups is 1. The summed E-state index contributed by atoms with van der Waals surface area (Å²) in [6.45, 7) is 7.77. The van der Waals surface area contributed by atoms with Crippen molar-refractivity contribution >= 4 is 35.6 Å². The highest BCUT2D eigenvalue weighted by molar-refractivity contribution is 14.0. The molecule has 4 rings (SSSR count). The number of hydrogen-bond acceptors (Lipinski definition) is 4. The Kier molecular flexibility index (Phi) is 6.91. The molecule has 0 saturated carbocycles. The van der Waals surface area contributed by atoms with E-state index < -0.39 is 0 Å². The Morgan fingerprint density at radius 3 is 3.07 bits per heavy atom. The van der Waals surface area contributed by atoms with E-state index in [1.807, 2.05) is 24.4 Å². The van der Waals surface area contributed by atoms with Crippen molar-refractivity contribution in [3.8, 4) is 0 Å². The Balaban J connectivity index is 0.00000210. The fourth-order valence-electron chi connectivity index (χ4n) is 4.00. The van der Waals surface area contributed by atoms with Crippen molar-refractivity contribution in [1.82, 2.24) is 24.8 Å². The second-order valence-corrected chi connectivity index (χ2v) is 7.36. The van der Waals surface area contributed by atoms with Crippen molar-refractivity contribution in [2.24, 2.45) is 10.4 Å². The van der Waals surface area contributed by atoms with E-state index in [-0.39, 0.29) is 24.0 Å². The van der Waals surface area contributed by atoms with E-state index in [1.165, 1.54) is 12.8 Å². The fraction of sp³-hybridized carbons (Fsp3) is 0.632. The van der Waals surface area contributed by atoms with Crippen LogP contribution >= 0.6 is 24.0 Å². The summed E-state index contributed by atoms with van der Waals surface area (Å²) < 4.78 is 7.70. The van der Waals surface area contributed by atoms with Gasteiger partial charge in [0.25, 0.3) is 0 Å². The molecule has 0 aromatic carbocycles. The third-order valence-corrected chi connectivity index (χ3v) is 5.46. The average Bonchev–Trinajstić information content (AvgIpc) is 3.39. The number of hydrogen-bond donors (Lipinski definition) is 1. The number of halogens is 1. The number of nitrogens with one attached hydrogen (secondary N) is 1. The molecule has 0 radical (unpaired) electrons. The van der Waals surface area contributed by atoms with Gasteiger partial charge in [-0.3, -0.25) is 9.39 Å². The Labute approximate surface area is 177 Å². The molecule has 2 aliphatic rings. The Bertz CT molecular complexity index is 770. The minimum atomic E-state index is 0. The van der Waals surface area contributed by atoms with Gasteiger partial charge in [-0.25, -0.2) is 0 Å². The van der Waals surface area contributed by atoms with Gasteiger partial charge in [-0.15, -0.1) is 34.2 Å². The number of nitrogens with zero attached hydrogens (tertiary/aromatic N) is 5. The lowest BCUT2D eigenvalue weighted by atomic mass is 9.87. The standard InChI is InChI=1S/C19H28N6O.HI/c1-2-20-18(24-12-8-19(14-24)9-13-26-15-19)21-10-5-7-17-23-22-16-6-3-4-11-25(16)17;/h3-4,6,11H,2,5,7-10,12-15H2,1H3,(H,20,21);1H. The van der Waals surface area contributed by atoms with Crippen LogP contribution in [-0.2, 0) is 11.2 Å². The molecular weight excluding hydrogens is 455 g/mol. The molecular formula is C19H29IN6O. The van der Waals surface area contributed by atoms with Crippen molar-refractivity contribution in [2.45, 2.75) is 32.6 Å².